The number of ether oxygens (including phenoxy) is 2. The lowest BCUT2D eigenvalue weighted by Crippen LogP contribution is -2.29. The molecule has 9 heteroatoms. The lowest BCUT2D eigenvalue weighted by molar-refractivity contribution is -0.161. The van der Waals surface area contributed by atoms with Crippen LogP contribution in [0.1, 0.15) is 174 Å². The first-order valence-electron chi connectivity index (χ1n) is 18.8. The van der Waals surface area contributed by atoms with Crippen LogP contribution in [0.2, 0.25) is 0 Å². The molecule has 0 aliphatic heterocycles. The van der Waals surface area contributed by atoms with Crippen LogP contribution in [0.25, 0.3) is 0 Å². The fourth-order valence-electron chi connectivity index (χ4n) is 5.09. The van der Waals surface area contributed by atoms with Crippen molar-refractivity contribution in [3.8, 4) is 0 Å². The van der Waals surface area contributed by atoms with Crippen molar-refractivity contribution in [3.63, 3.8) is 0 Å². The van der Waals surface area contributed by atoms with Gasteiger partial charge in [0.05, 0.1) is 6.61 Å². The number of phosphoric ester groups is 1. The zero-order valence-electron chi connectivity index (χ0n) is 29.9. The van der Waals surface area contributed by atoms with Crippen molar-refractivity contribution in [2.24, 2.45) is 0 Å². The van der Waals surface area contributed by atoms with Gasteiger partial charge in [0.25, 0.3) is 0 Å². The maximum absolute atomic E-state index is 12.3. The molecular weight excluding hydrogens is 615 g/mol. The predicted molar refractivity (Wildman–Crippen MR) is 193 cm³/mol. The average Bonchev–Trinajstić information content (AvgIpc) is 3.04. The zero-order valence-corrected chi connectivity index (χ0v) is 30.8. The van der Waals surface area contributed by atoms with Crippen LogP contribution in [0.4, 0.5) is 0 Å². The van der Waals surface area contributed by atoms with E-state index >= 15 is 0 Å². The van der Waals surface area contributed by atoms with Crippen LogP contribution in [-0.4, -0.2) is 41.0 Å². The first kappa shape index (κ1) is 45.3. The van der Waals surface area contributed by atoms with Crippen molar-refractivity contribution in [3.05, 3.63) is 36.5 Å². The number of hydrogen-bond acceptors (Lipinski definition) is 6. The highest BCUT2D eigenvalue weighted by molar-refractivity contribution is 7.46. The third-order valence-electron chi connectivity index (χ3n) is 7.91. The number of allylic oxidation sites excluding steroid dienone is 6. The van der Waals surface area contributed by atoms with E-state index in [2.05, 4.69) is 48.8 Å². The molecule has 0 aromatic heterocycles. The summed E-state index contributed by atoms with van der Waals surface area (Å²) in [4.78, 5) is 42.6. The summed E-state index contributed by atoms with van der Waals surface area (Å²) in [5, 5.41) is 0. The molecule has 0 radical (unpaired) electrons. The predicted octanol–water partition coefficient (Wildman–Crippen LogP) is 11.0. The van der Waals surface area contributed by atoms with Crippen LogP contribution in [0.3, 0.4) is 0 Å². The molecule has 0 bridgehead atoms. The molecule has 0 amide bonds. The second-order valence-electron chi connectivity index (χ2n) is 12.6. The summed E-state index contributed by atoms with van der Waals surface area (Å²) in [6, 6.07) is 0. The molecule has 0 saturated heterocycles. The van der Waals surface area contributed by atoms with Gasteiger partial charge in [-0.05, 0) is 44.9 Å². The third-order valence-corrected chi connectivity index (χ3v) is 8.40. The Bertz CT molecular complexity index is 864. The van der Waals surface area contributed by atoms with Gasteiger partial charge in [0, 0.05) is 12.8 Å². The minimum atomic E-state index is -4.76. The molecule has 0 unspecified atom stereocenters. The van der Waals surface area contributed by atoms with Crippen LogP contribution in [0.5, 0.6) is 0 Å². The number of unbranched alkanes of at least 4 members (excludes halogenated alkanes) is 18. The minimum Gasteiger partial charge on any atom is -0.462 e. The molecule has 0 rings (SSSR count). The van der Waals surface area contributed by atoms with Crippen LogP contribution in [-0.2, 0) is 28.2 Å². The molecule has 0 heterocycles. The second kappa shape index (κ2) is 34.1. The van der Waals surface area contributed by atoms with E-state index in [1.165, 1.54) is 96.3 Å². The van der Waals surface area contributed by atoms with Gasteiger partial charge in [-0.1, -0.05) is 153 Å². The van der Waals surface area contributed by atoms with E-state index < -0.39 is 32.5 Å². The van der Waals surface area contributed by atoms with Gasteiger partial charge in [0.2, 0.25) is 0 Å². The molecular formula is C38H69O8P. The Morgan fingerprint density at radius 3 is 1.49 bits per heavy atom. The number of rotatable bonds is 34. The Labute approximate surface area is 287 Å². The van der Waals surface area contributed by atoms with Gasteiger partial charge in [-0.15, -0.1) is 0 Å². The second-order valence-corrected chi connectivity index (χ2v) is 13.8. The van der Waals surface area contributed by atoms with Crippen LogP contribution >= 0.6 is 7.82 Å². The van der Waals surface area contributed by atoms with Crippen molar-refractivity contribution in [1.29, 1.82) is 0 Å². The number of carbonyl (C=O) groups is 2. The average molecular weight is 685 g/mol. The Morgan fingerprint density at radius 1 is 0.553 bits per heavy atom. The summed E-state index contributed by atoms with van der Waals surface area (Å²) in [5.41, 5.74) is 0. The Hall–Kier alpha value is -1.73. The third kappa shape index (κ3) is 36.9. The van der Waals surface area contributed by atoms with Gasteiger partial charge in [0.1, 0.15) is 6.61 Å². The Kier molecular flexibility index (Phi) is 32.9. The number of carbonyl (C=O) groups excluding carboxylic acids is 2. The fourth-order valence-corrected chi connectivity index (χ4v) is 5.45. The highest BCUT2D eigenvalue weighted by Crippen LogP contribution is 2.36. The first-order valence-corrected chi connectivity index (χ1v) is 20.3. The molecule has 0 fully saturated rings. The summed E-state index contributed by atoms with van der Waals surface area (Å²) in [5.74, 6) is -0.944. The van der Waals surface area contributed by atoms with E-state index in [9.17, 15) is 14.2 Å². The summed E-state index contributed by atoms with van der Waals surface area (Å²) in [6.07, 6.45) is 38.7. The van der Waals surface area contributed by atoms with Crippen molar-refractivity contribution in [2.45, 2.75) is 180 Å². The van der Waals surface area contributed by atoms with E-state index in [0.29, 0.717) is 12.8 Å². The van der Waals surface area contributed by atoms with Crippen LogP contribution < -0.4 is 0 Å². The SMILES string of the molecule is CCCCCCCC/C=C/C/C=C/C/C=C/CCCC(=O)O[C@H](COC(=O)CCCCCCCCCCCCCC)COP(=O)(O)O. The maximum atomic E-state index is 12.3. The molecule has 8 nitrogen and oxygen atoms in total. The van der Waals surface area contributed by atoms with Crippen molar-refractivity contribution >= 4 is 19.8 Å². The van der Waals surface area contributed by atoms with Gasteiger partial charge in [-0.25, -0.2) is 4.57 Å². The van der Waals surface area contributed by atoms with Gasteiger partial charge in [-0.2, -0.15) is 0 Å². The molecule has 0 aliphatic rings. The highest BCUT2D eigenvalue weighted by atomic mass is 31.2. The number of esters is 2. The maximum Gasteiger partial charge on any atom is 0.469 e. The van der Waals surface area contributed by atoms with E-state index in [4.69, 9.17) is 19.3 Å². The van der Waals surface area contributed by atoms with Crippen LogP contribution in [0, 0.1) is 0 Å². The molecule has 47 heavy (non-hydrogen) atoms. The highest BCUT2D eigenvalue weighted by Gasteiger charge is 2.22. The van der Waals surface area contributed by atoms with Crippen LogP contribution in [0.15, 0.2) is 36.5 Å². The zero-order chi connectivity index (χ0) is 34.7. The van der Waals surface area contributed by atoms with Crippen molar-refractivity contribution in [2.75, 3.05) is 13.2 Å². The quantitative estimate of drug-likeness (QED) is 0.0297. The normalized spacial score (nSPS) is 12.9. The number of hydrogen-bond donors (Lipinski definition) is 2. The monoisotopic (exact) mass is 684 g/mol. The van der Waals surface area contributed by atoms with E-state index in [1.54, 1.807) is 0 Å². The Balaban J connectivity index is 4.06. The van der Waals surface area contributed by atoms with Crippen molar-refractivity contribution in [1.82, 2.24) is 0 Å². The van der Waals surface area contributed by atoms with Gasteiger partial charge < -0.3 is 19.3 Å². The van der Waals surface area contributed by atoms with E-state index in [-0.39, 0.29) is 19.4 Å². The first-order chi connectivity index (χ1) is 22.8. The van der Waals surface area contributed by atoms with E-state index in [0.717, 1.165) is 38.5 Å². The molecule has 2 N–H and O–H groups in total. The molecule has 0 saturated carbocycles. The lowest BCUT2D eigenvalue weighted by atomic mass is 10.0. The summed E-state index contributed by atoms with van der Waals surface area (Å²) in [7, 11) is -4.76. The Morgan fingerprint density at radius 2 is 0.979 bits per heavy atom. The molecule has 1 atom stereocenters. The van der Waals surface area contributed by atoms with Gasteiger partial charge in [-0.3, -0.25) is 14.1 Å². The lowest BCUT2D eigenvalue weighted by Gasteiger charge is -2.18. The smallest absolute Gasteiger partial charge is 0.462 e. The number of phosphoric acid groups is 1. The van der Waals surface area contributed by atoms with Gasteiger partial charge in [0.15, 0.2) is 6.10 Å². The molecule has 0 spiro atoms. The molecule has 0 aromatic rings. The summed E-state index contributed by atoms with van der Waals surface area (Å²) >= 11 is 0. The summed E-state index contributed by atoms with van der Waals surface area (Å²) in [6.45, 7) is 3.62. The molecule has 0 aliphatic carbocycles. The topological polar surface area (TPSA) is 119 Å². The summed E-state index contributed by atoms with van der Waals surface area (Å²) < 4.78 is 26.2. The van der Waals surface area contributed by atoms with E-state index in [1.807, 2.05) is 6.08 Å². The molecule has 0 aromatic carbocycles. The molecule has 274 valence electrons. The van der Waals surface area contributed by atoms with Crippen molar-refractivity contribution < 1.29 is 37.9 Å². The van der Waals surface area contributed by atoms with Gasteiger partial charge >= 0.3 is 19.8 Å². The fraction of sp³-hybridized carbons (Fsp3) is 0.789. The largest absolute Gasteiger partial charge is 0.469 e. The standard InChI is InChI=1S/C38H69O8P/c1-3-5-7-9-11-13-15-17-18-19-20-21-23-25-27-29-31-33-38(40)46-36(35-45-47(41,42)43)34-44-37(39)32-30-28-26-24-22-16-14-12-10-8-6-4-2/h17-18,20-21,25,27,36H,3-16,19,22-24,26,28-35H2,1-2H3,(H2,41,42,43)/b18-17+,21-20+,27-25+/t36-/m1/s1. The minimum absolute atomic E-state index is 0.142.